The summed E-state index contributed by atoms with van der Waals surface area (Å²) < 4.78 is 6.82. The number of rotatable bonds is 2. The molecule has 0 bridgehead atoms. The zero-order valence-corrected chi connectivity index (χ0v) is 9.19. The first-order valence-electron chi connectivity index (χ1n) is 4.45. The van der Waals surface area contributed by atoms with Gasteiger partial charge in [-0.3, -0.25) is 0 Å². The van der Waals surface area contributed by atoms with E-state index in [0.29, 0.717) is 16.5 Å². The van der Waals surface area contributed by atoms with Gasteiger partial charge in [0.15, 0.2) is 5.65 Å². The molecule has 0 saturated heterocycles. The van der Waals surface area contributed by atoms with Gasteiger partial charge in [-0.1, -0.05) is 11.6 Å². The van der Waals surface area contributed by atoms with E-state index in [9.17, 15) is 0 Å². The van der Waals surface area contributed by atoms with Gasteiger partial charge >= 0.3 is 0 Å². The molecule has 0 unspecified atom stereocenters. The Morgan fingerprint density at radius 2 is 2.33 bits per heavy atom. The minimum absolute atomic E-state index is 0.144. The van der Waals surface area contributed by atoms with Crippen molar-refractivity contribution in [3.8, 4) is 0 Å². The Morgan fingerprint density at radius 3 is 3.00 bits per heavy atom. The van der Waals surface area contributed by atoms with E-state index < -0.39 is 0 Å². The molecule has 0 radical (unpaired) electrons. The molecule has 6 heteroatoms. The monoisotopic (exact) mass is 226 g/mol. The Hall–Kier alpha value is -1.33. The average molecular weight is 227 g/mol. The first-order valence-corrected chi connectivity index (χ1v) is 4.83. The fourth-order valence-corrected chi connectivity index (χ4v) is 1.64. The van der Waals surface area contributed by atoms with Crippen LogP contribution in [0, 0.1) is 0 Å². The molecule has 80 valence electrons. The molecule has 0 aromatic carbocycles. The van der Waals surface area contributed by atoms with E-state index in [0.717, 1.165) is 5.56 Å². The minimum Gasteiger partial charge on any atom is -0.397 e. The van der Waals surface area contributed by atoms with Crippen molar-refractivity contribution in [3.05, 3.63) is 23.1 Å². The first-order chi connectivity index (χ1) is 7.13. The molecular formula is C9H11ClN4O. The summed E-state index contributed by atoms with van der Waals surface area (Å²) in [5.41, 5.74) is 7.83. The Morgan fingerprint density at radius 1 is 1.60 bits per heavy atom. The van der Waals surface area contributed by atoms with E-state index >= 15 is 0 Å². The maximum absolute atomic E-state index is 5.83. The van der Waals surface area contributed by atoms with Gasteiger partial charge in [0.2, 0.25) is 0 Å². The molecule has 0 saturated carbocycles. The number of imidazole rings is 1. The fraction of sp³-hybridized carbons (Fsp3) is 0.333. The molecule has 15 heavy (non-hydrogen) atoms. The highest BCUT2D eigenvalue weighted by Gasteiger charge is 2.15. The Bertz CT molecular complexity index is 496. The maximum Gasteiger partial charge on any atom is 0.163 e. The highest BCUT2D eigenvalue weighted by molar-refractivity contribution is 6.29. The summed E-state index contributed by atoms with van der Waals surface area (Å²) in [4.78, 5) is 4.15. The van der Waals surface area contributed by atoms with Gasteiger partial charge in [0.1, 0.15) is 5.15 Å². The minimum atomic E-state index is -0.144. The lowest BCUT2D eigenvalue weighted by molar-refractivity contribution is 0.121. The third-order valence-corrected chi connectivity index (χ3v) is 2.47. The Balaban J connectivity index is 2.73. The van der Waals surface area contributed by atoms with Crippen molar-refractivity contribution < 1.29 is 4.74 Å². The van der Waals surface area contributed by atoms with Crippen molar-refractivity contribution in [2.45, 2.75) is 13.0 Å². The Labute approximate surface area is 91.8 Å². The number of nitrogens with zero attached hydrogens (tertiary/aromatic N) is 3. The molecule has 2 aromatic heterocycles. The van der Waals surface area contributed by atoms with Crippen molar-refractivity contribution in [1.29, 1.82) is 0 Å². The van der Waals surface area contributed by atoms with Crippen molar-refractivity contribution in [2.75, 3.05) is 12.8 Å². The molecule has 0 aliphatic carbocycles. The number of fused-ring (bicyclic) bond motifs is 1. The third-order valence-electron chi connectivity index (χ3n) is 2.29. The van der Waals surface area contributed by atoms with Gasteiger partial charge in [-0.25, -0.2) is 9.50 Å². The number of methoxy groups -OCH3 is 1. The van der Waals surface area contributed by atoms with Crippen LogP contribution in [0.1, 0.15) is 18.6 Å². The number of halogens is 1. The molecule has 0 spiro atoms. The summed E-state index contributed by atoms with van der Waals surface area (Å²) in [6.07, 6.45) is 3.05. The second-order valence-corrected chi connectivity index (χ2v) is 3.61. The van der Waals surface area contributed by atoms with Crippen LogP contribution in [0.15, 0.2) is 12.4 Å². The average Bonchev–Trinajstić information content (AvgIpc) is 2.57. The van der Waals surface area contributed by atoms with E-state index in [1.54, 1.807) is 24.0 Å². The van der Waals surface area contributed by atoms with Crippen LogP contribution in [-0.4, -0.2) is 21.7 Å². The summed E-state index contributed by atoms with van der Waals surface area (Å²) in [5.74, 6) is 0. The van der Waals surface area contributed by atoms with Gasteiger partial charge in [0.05, 0.1) is 24.2 Å². The smallest absolute Gasteiger partial charge is 0.163 e. The lowest BCUT2D eigenvalue weighted by Crippen LogP contribution is -2.06. The first kappa shape index (κ1) is 10.2. The second-order valence-electron chi connectivity index (χ2n) is 3.22. The predicted octanol–water partition coefficient (Wildman–Crippen LogP) is 1.67. The van der Waals surface area contributed by atoms with Crippen LogP contribution in [0.4, 0.5) is 5.69 Å². The van der Waals surface area contributed by atoms with Crippen LogP contribution in [0.25, 0.3) is 5.65 Å². The van der Waals surface area contributed by atoms with E-state index in [4.69, 9.17) is 22.1 Å². The topological polar surface area (TPSA) is 65.4 Å². The quantitative estimate of drug-likeness (QED) is 0.846. The molecule has 0 aliphatic heterocycles. The van der Waals surface area contributed by atoms with E-state index in [1.807, 2.05) is 6.92 Å². The molecule has 0 aliphatic rings. The molecule has 2 N–H and O–H groups in total. The van der Waals surface area contributed by atoms with Gasteiger partial charge in [0, 0.05) is 12.7 Å². The summed E-state index contributed by atoms with van der Waals surface area (Å²) in [6, 6.07) is 0. The highest BCUT2D eigenvalue weighted by atomic mass is 35.5. The fourth-order valence-electron chi connectivity index (χ4n) is 1.47. The summed E-state index contributed by atoms with van der Waals surface area (Å²) in [5, 5.41) is 4.45. The number of ether oxygens (including phenoxy) is 1. The van der Waals surface area contributed by atoms with E-state index in [2.05, 4.69) is 10.1 Å². The van der Waals surface area contributed by atoms with E-state index in [1.165, 1.54) is 0 Å². The van der Waals surface area contributed by atoms with Crippen molar-refractivity contribution >= 4 is 22.9 Å². The summed E-state index contributed by atoms with van der Waals surface area (Å²) in [6.45, 7) is 1.90. The highest BCUT2D eigenvalue weighted by Crippen LogP contribution is 2.26. The van der Waals surface area contributed by atoms with Gasteiger partial charge < -0.3 is 10.5 Å². The van der Waals surface area contributed by atoms with Crippen LogP contribution < -0.4 is 5.73 Å². The second kappa shape index (κ2) is 3.67. The molecule has 0 amide bonds. The number of hydrogen-bond donors (Lipinski definition) is 1. The molecule has 2 aromatic rings. The molecule has 1 atom stereocenters. The van der Waals surface area contributed by atoms with Crippen LogP contribution in [0.3, 0.4) is 0 Å². The van der Waals surface area contributed by atoms with Gasteiger partial charge in [0.25, 0.3) is 0 Å². The number of anilines is 1. The normalized spacial score (nSPS) is 13.3. The van der Waals surface area contributed by atoms with E-state index in [-0.39, 0.29) is 6.10 Å². The number of hydrogen-bond acceptors (Lipinski definition) is 4. The molecule has 5 nitrogen and oxygen atoms in total. The molecular weight excluding hydrogens is 216 g/mol. The van der Waals surface area contributed by atoms with Crippen LogP contribution in [0.5, 0.6) is 0 Å². The number of nitrogens with two attached hydrogens (primary N) is 1. The van der Waals surface area contributed by atoms with Crippen molar-refractivity contribution in [2.24, 2.45) is 0 Å². The standard InChI is InChI=1S/C9H11ClN4O/c1-5(15-2)8-6(11)3-12-14-4-7(10)13-9(8)14/h3-5H,11H2,1-2H3/t5-/m1/s1. The van der Waals surface area contributed by atoms with Gasteiger partial charge in [-0.2, -0.15) is 5.10 Å². The predicted molar refractivity (Wildman–Crippen MR) is 57.8 cm³/mol. The SMILES string of the molecule is CO[C@H](C)c1c(N)cnn2cc(Cl)nc12. The number of aromatic nitrogens is 3. The van der Waals surface area contributed by atoms with Gasteiger partial charge in [-0.05, 0) is 6.92 Å². The molecule has 2 heterocycles. The summed E-state index contributed by atoms with van der Waals surface area (Å²) >= 11 is 5.80. The van der Waals surface area contributed by atoms with Crippen LogP contribution in [-0.2, 0) is 4.74 Å². The summed E-state index contributed by atoms with van der Waals surface area (Å²) in [7, 11) is 1.62. The molecule has 2 rings (SSSR count). The van der Waals surface area contributed by atoms with Crippen molar-refractivity contribution in [3.63, 3.8) is 0 Å². The van der Waals surface area contributed by atoms with Crippen LogP contribution >= 0.6 is 11.6 Å². The largest absolute Gasteiger partial charge is 0.397 e. The van der Waals surface area contributed by atoms with Crippen LogP contribution in [0.2, 0.25) is 5.15 Å². The number of nitrogen functional groups attached to an aromatic ring is 1. The van der Waals surface area contributed by atoms with Gasteiger partial charge in [-0.15, -0.1) is 0 Å². The zero-order valence-electron chi connectivity index (χ0n) is 8.44. The lowest BCUT2D eigenvalue weighted by atomic mass is 10.1. The Kier molecular flexibility index (Phi) is 2.50. The maximum atomic E-state index is 5.83. The lowest BCUT2D eigenvalue weighted by Gasteiger charge is -2.12. The molecule has 0 fully saturated rings. The zero-order chi connectivity index (χ0) is 11.0. The third kappa shape index (κ3) is 1.64. The van der Waals surface area contributed by atoms with Crippen molar-refractivity contribution in [1.82, 2.24) is 14.6 Å².